The minimum absolute atomic E-state index is 0.207. The predicted octanol–water partition coefficient (Wildman–Crippen LogP) is 2.95. The largest absolute Gasteiger partial charge is 0.352 e. The molecule has 2 aromatic carbocycles. The van der Waals surface area contributed by atoms with Gasteiger partial charge in [0.1, 0.15) is 18.3 Å². The van der Waals surface area contributed by atoms with Crippen LogP contribution in [-0.2, 0) is 6.54 Å². The van der Waals surface area contributed by atoms with E-state index in [4.69, 9.17) is 0 Å². The van der Waals surface area contributed by atoms with Gasteiger partial charge in [-0.05, 0) is 36.1 Å². The number of aromatic nitrogens is 4. The summed E-state index contributed by atoms with van der Waals surface area (Å²) in [7, 11) is 0. The van der Waals surface area contributed by atoms with Crippen LogP contribution in [0.15, 0.2) is 67.4 Å². The summed E-state index contributed by atoms with van der Waals surface area (Å²) in [5.74, 6) is -0.351. The van der Waals surface area contributed by atoms with Gasteiger partial charge in [-0.3, -0.25) is 14.9 Å². The molecule has 9 nitrogen and oxygen atoms in total. The molecule has 0 spiro atoms. The Kier molecular flexibility index (Phi) is 5.02. The van der Waals surface area contributed by atoms with Crippen molar-refractivity contribution in [3.05, 3.63) is 83.1 Å². The van der Waals surface area contributed by atoms with Crippen molar-refractivity contribution >= 4 is 22.5 Å². The van der Waals surface area contributed by atoms with E-state index in [0.29, 0.717) is 6.54 Å². The second kappa shape index (κ2) is 7.93. The van der Waals surface area contributed by atoms with Gasteiger partial charge >= 0.3 is 0 Å². The zero-order valence-electron chi connectivity index (χ0n) is 15.4. The smallest absolute Gasteiger partial charge is 0.295 e. The molecule has 4 rings (SSSR count). The molecular weight excluding hydrogens is 372 g/mol. The molecule has 1 amide bonds. The number of nitro groups is 1. The average Bonchev–Trinajstić information content (AvgIpc) is 3.41. The summed E-state index contributed by atoms with van der Waals surface area (Å²) >= 11 is 0. The third kappa shape index (κ3) is 3.84. The SMILES string of the molecule is O=C(NCCCn1ccc2ccccc21)c1ccc(-n2cncn2)c([N+](=O)[O-])c1. The van der Waals surface area contributed by atoms with E-state index in [-0.39, 0.29) is 22.8 Å². The molecule has 2 aromatic heterocycles. The standard InChI is InChI=1S/C20H18N6O3/c27-20(22-9-3-10-24-11-8-15-4-1-2-5-17(15)24)16-6-7-18(19(12-16)26(28)29)25-14-21-13-23-25/h1-2,4-8,11-14H,3,9-10H2,(H,22,27). The van der Waals surface area contributed by atoms with Crippen molar-refractivity contribution in [3.63, 3.8) is 0 Å². The van der Waals surface area contributed by atoms with Crippen molar-refractivity contribution < 1.29 is 9.72 Å². The van der Waals surface area contributed by atoms with Gasteiger partial charge in [-0.2, -0.15) is 5.10 Å². The number of para-hydroxylation sites is 1. The molecule has 0 aliphatic heterocycles. The highest BCUT2D eigenvalue weighted by molar-refractivity contribution is 5.95. The number of aryl methyl sites for hydroxylation is 1. The van der Waals surface area contributed by atoms with E-state index in [1.165, 1.54) is 34.9 Å². The van der Waals surface area contributed by atoms with Crippen LogP contribution in [0.5, 0.6) is 0 Å². The van der Waals surface area contributed by atoms with Gasteiger partial charge in [0.25, 0.3) is 11.6 Å². The van der Waals surface area contributed by atoms with E-state index >= 15 is 0 Å². The first-order valence-corrected chi connectivity index (χ1v) is 9.09. The van der Waals surface area contributed by atoms with Crippen LogP contribution in [0.2, 0.25) is 0 Å². The molecule has 146 valence electrons. The van der Waals surface area contributed by atoms with E-state index in [2.05, 4.69) is 38.2 Å². The Morgan fingerprint density at radius 2 is 2.03 bits per heavy atom. The van der Waals surface area contributed by atoms with Crippen LogP contribution < -0.4 is 5.32 Å². The van der Waals surface area contributed by atoms with Crippen molar-refractivity contribution in [2.75, 3.05) is 6.54 Å². The number of nitrogens with one attached hydrogen (secondary N) is 1. The van der Waals surface area contributed by atoms with Crippen LogP contribution in [0.25, 0.3) is 16.6 Å². The van der Waals surface area contributed by atoms with Crippen molar-refractivity contribution in [3.8, 4) is 5.69 Å². The molecule has 0 saturated carbocycles. The first-order valence-electron chi connectivity index (χ1n) is 9.09. The minimum Gasteiger partial charge on any atom is -0.352 e. The number of hydrogen-bond donors (Lipinski definition) is 1. The first kappa shape index (κ1) is 18.4. The molecule has 0 bridgehead atoms. The molecular formula is C20H18N6O3. The fourth-order valence-corrected chi connectivity index (χ4v) is 3.23. The van der Waals surface area contributed by atoms with Crippen LogP contribution in [0.4, 0.5) is 5.69 Å². The maximum atomic E-state index is 12.4. The molecule has 0 radical (unpaired) electrons. The Balaban J connectivity index is 1.39. The third-order valence-corrected chi connectivity index (χ3v) is 4.64. The van der Waals surface area contributed by atoms with Crippen LogP contribution in [0.3, 0.4) is 0 Å². The quantitative estimate of drug-likeness (QED) is 0.296. The second-order valence-electron chi connectivity index (χ2n) is 6.48. The van der Waals surface area contributed by atoms with E-state index in [1.807, 2.05) is 18.3 Å². The van der Waals surface area contributed by atoms with Crippen molar-refractivity contribution in [1.29, 1.82) is 0 Å². The van der Waals surface area contributed by atoms with Crippen molar-refractivity contribution in [2.24, 2.45) is 0 Å². The molecule has 9 heteroatoms. The van der Waals surface area contributed by atoms with Gasteiger partial charge in [0, 0.05) is 36.4 Å². The van der Waals surface area contributed by atoms with E-state index in [9.17, 15) is 14.9 Å². The number of carbonyl (C=O) groups excluding carboxylic acids is 1. The van der Waals surface area contributed by atoms with Gasteiger partial charge in [0.05, 0.1) is 4.92 Å². The molecule has 0 atom stereocenters. The summed E-state index contributed by atoms with van der Waals surface area (Å²) < 4.78 is 3.43. The summed E-state index contributed by atoms with van der Waals surface area (Å²) in [6, 6.07) is 14.5. The first-order chi connectivity index (χ1) is 14.1. The zero-order valence-corrected chi connectivity index (χ0v) is 15.4. The van der Waals surface area contributed by atoms with Crippen LogP contribution in [0, 0.1) is 10.1 Å². The van der Waals surface area contributed by atoms with E-state index in [1.54, 1.807) is 6.07 Å². The number of benzene rings is 2. The Labute approximate surface area is 165 Å². The molecule has 2 heterocycles. The fourth-order valence-electron chi connectivity index (χ4n) is 3.23. The lowest BCUT2D eigenvalue weighted by Crippen LogP contribution is -2.25. The highest BCUT2D eigenvalue weighted by Crippen LogP contribution is 2.23. The minimum atomic E-state index is -0.537. The van der Waals surface area contributed by atoms with Gasteiger partial charge < -0.3 is 9.88 Å². The highest BCUT2D eigenvalue weighted by Gasteiger charge is 2.19. The summed E-state index contributed by atoms with van der Waals surface area (Å²) in [6.07, 6.45) is 5.42. The Morgan fingerprint density at radius 1 is 1.17 bits per heavy atom. The molecule has 0 unspecified atom stereocenters. The molecule has 0 saturated heterocycles. The summed E-state index contributed by atoms with van der Waals surface area (Å²) in [5, 5.41) is 19.3. The molecule has 0 aliphatic carbocycles. The summed E-state index contributed by atoms with van der Waals surface area (Å²) in [5.41, 5.74) is 1.43. The number of nitro benzene ring substituents is 1. The van der Waals surface area contributed by atoms with Gasteiger partial charge in [0.2, 0.25) is 0 Å². The maximum absolute atomic E-state index is 12.4. The van der Waals surface area contributed by atoms with E-state index in [0.717, 1.165) is 18.5 Å². The highest BCUT2D eigenvalue weighted by atomic mass is 16.6. The number of nitrogens with zero attached hydrogens (tertiary/aromatic N) is 5. The normalized spacial score (nSPS) is 10.9. The third-order valence-electron chi connectivity index (χ3n) is 4.64. The monoisotopic (exact) mass is 390 g/mol. The van der Waals surface area contributed by atoms with Crippen LogP contribution in [0.1, 0.15) is 16.8 Å². The molecule has 29 heavy (non-hydrogen) atoms. The second-order valence-corrected chi connectivity index (χ2v) is 6.48. The fraction of sp³-hybridized carbons (Fsp3) is 0.150. The van der Waals surface area contributed by atoms with Crippen LogP contribution in [-0.4, -0.2) is 36.7 Å². The lowest BCUT2D eigenvalue weighted by molar-refractivity contribution is -0.384. The van der Waals surface area contributed by atoms with Gasteiger partial charge in [-0.25, -0.2) is 9.67 Å². The molecule has 0 aliphatic rings. The van der Waals surface area contributed by atoms with Gasteiger partial charge in [-0.15, -0.1) is 0 Å². The number of hydrogen-bond acceptors (Lipinski definition) is 5. The number of amides is 1. The molecule has 4 aromatic rings. The lowest BCUT2D eigenvalue weighted by atomic mass is 10.1. The summed E-state index contributed by atoms with van der Waals surface area (Å²) in [4.78, 5) is 27.1. The van der Waals surface area contributed by atoms with Crippen molar-refractivity contribution in [2.45, 2.75) is 13.0 Å². The number of fused-ring (bicyclic) bond motifs is 1. The predicted molar refractivity (Wildman–Crippen MR) is 107 cm³/mol. The van der Waals surface area contributed by atoms with E-state index < -0.39 is 4.92 Å². The summed E-state index contributed by atoms with van der Waals surface area (Å²) in [6.45, 7) is 1.23. The maximum Gasteiger partial charge on any atom is 0.295 e. The molecule has 1 N–H and O–H groups in total. The molecule has 0 fully saturated rings. The zero-order chi connectivity index (χ0) is 20.2. The van der Waals surface area contributed by atoms with Gasteiger partial charge in [-0.1, -0.05) is 18.2 Å². The Bertz CT molecular complexity index is 1170. The Morgan fingerprint density at radius 3 is 2.83 bits per heavy atom. The van der Waals surface area contributed by atoms with Gasteiger partial charge in [0.15, 0.2) is 0 Å². The average molecular weight is 390 g/mol. The number of carbonyl (C=O) groups is 1. The van der Waals surface area contributed by atoms with Crippen molar-refractivity contribution in [1.82, 2.24) is 24.6 Å². The van der Waals surface area contributed by atoms with Crippen LogP contribution >= 0.6 is 0 Å². The topological polar surface area (TPSA) is 108 Å². The number of rotatable bonds is 7. The Hall–Kier alpha value is -4.01. The lowest BCUT2D eigenvalue weighted by Gasteiger charge is -2.08.